The molecule has 36 heavy (non-hydrogen) atoms. The lowest BCUT2D eigenvalue weighted by atomic mass is 10.0. The van der Waals surface area contributed by atoms with Gasteiger partial charge in [0, 0.05) is 67.5 Å². The van der Waals surface area contributed by atoms with Gasteiger partial charge in [-0.3, -0.25) is 14.9 Å². The summed E-state index contributed by atoms with van der Waals surface area (Å²) < 4.78 is 13.3. The summed E-state index contributed by atoms with van der Waals surface area (Å²) in [6.07, 6.45) is 1.47. The van der Waals surface area contributed by atoms with Gasteiger partial charge < -0.3 is 9.80 Å². The highest BCUT2D eigenvalue weighted by Crippen LogP contribution is 2.28. The van der Waals surface area contributed by atoms with Crippen molar-refractivity contribution in [2.45, 2.75) is 39.5 Å². The van der Waals surface area contributed by atoms with E-state index in [0.29, 0.717) is 38.2 Å². The molecule has 0 bridgehead atoms. The van der Waals surface area contributed by atoms with Crippen LogP contribution in [0.15, 0.2) is 48.5 Å². The molecule has 8 nitrogen and oxygen atoms in total. The Hall–Kier alpha value is -3.88. The number of anilines is 1. The maximum atomic E-state index is 13.3. The molecule has 0 radical (unpaired) electrons. The quantitative estimate of drug-likeness (QED) is 0.345. The van der Waals surface area contributed by atoms with Crippen LogP contribution in [0.25, 0.3) is 0 Å². The average Bonchev–Trinajstić information content (AvgIpc) is 2.89. The molecule has 1 aliphatic heterocycles. The number of nitro benzene ring substituents is 1. The number of nitrogens with zero attached hydrogens (tertiary/aromatic N) is 5. The van der Waals surface area contributed by atoms with Crippen LogP contribution in [0, 0.1) is 22.9 Å². The zero-order valence-electron chi connectivity index (χ0n) is 20.8. The lowest BCUT2D eigenvalue weighted by Crippen LogP contribution is -2.49. The van der Waals surface area contributed by atoms with E-state index >= 15 is 0 Å². The number of hydrogen-bond acceptors (Lipinski definition) is 6. The summed E-state index contributed by atoms with van der Waals surface area (Å²) >= 11 is 0. The van der Waals surface area contributed by atoms with Crippen LogP contribution in [0.2, 0.25) is 0 Å². The molecule has 0 unspecified atom stereocenters. The van der Waals surface area contributed by atoms with E-state index in [-0.39, 0.29) is 23.3 Å². The molecule has 1 aliphatic rings. The van der Waals surface area contributed by atoms with Gasteiger partial charge in [-0.25, -0.2) is 14.4 Å². The molecule has 3 aromatic rings. The van der Waals surface area contributed by atoms with E-state index in [0.717, 1.165) is 34.9 Å². The number of halogens is 1. The van der Waals surface area contributed by atoms with Crippen molar-refractivity contribution >= 4 is 17.4 Å². The maximum Gasteiger partial charge on any atom is 0.269 e. The number of benzene rings is 2. The van der Waals surface area contributed by atoms with Crippen molar-refractivity contribution in [2.75, 3.05) is 31.1 Å². The molecule has 188 valence electrons. The fourth-order valence-corrected chi connectivity index (χ4v) is 4.31. The number of carbonyl (C=O) groups is 1. The summed E-state index contributed by atoms with van der Waals surface area (Å²) in [5.74, 6) is 1.37. The van der Waals surface area contributed by atoms with Crippen LogP contribution >= 0.6 is 0 Å². The van der Waals surface area contributed by atoms with Gasteiger partial charge in [0.2, 0.25) is 0 Å². The predicted molar refractivity (Wildman–Crippen MR) is 136 cm³/mol. The van der Waals surface area contributed by atoms with E-state index < -0.39 is 4.92 Å². The molecular formula is C27H30FN5O3. The fourth-order valence-electron chi connectivity index (χ4n) is 4.31. The predicted octanol–water partition coefficient (Wildman–Crippen LogP) is 4.90. The van der Waals surface area contributed by atoms with Gasteiger partial charge in [0.25, 0.3) is 11.6 Å². The number of aromatic nitrogens is 2. The second-order valence-corrected chi connectivity index (χ2v) is 9.17. The topological polar surface area (TPSA) is 92.5 Å². The van der Waals surface area contributed by atoms with Gasteiger partial charge in [0.05, 0.1) is 4.92 Å². The van der Waals surface area contributed by atoms with Crippen LogP contribution in [0.1, 0.15) is 59.2 Å². The average molecular weight is 492 g/mol. The normalized spacial score (nSPS) is 14.6. The Morgan fingerprint density at radius 1 is 1.06 bits per heavy atom. The third kappa shape index (κ3) is 5.50. The van der Waals surface area contributed by atoms with Crippen molar-refractivity contribution in [1.82, 2.24) is 14.9 Å². The van der Waals surface area contributed by atoms with Crippen LogP contribution in [-0.4, -0.2) is 51.9 Å². The first-order valence-electron chi connectivity index (χ1n) is 12.2. The minimum atomic E-state index is -0.406. The lowest BCUT2D eigenvalue weighted by molar-refractivity contribution is -0.384. The molecule has 1 fully saturated rings. The SMILES string of the molecule is CC[C@H](C)c1nc(C)c(Cc2ccc([N+](=O)[O-])cc2)c(N2CCN(C(=O)c3ccc(F)cc3)CC2)n1. The number of amides is 1. The van der Waals surface area contributed by atoms with Gasteiger partial charge in [0.15, 0.2) is 0 Å². The molecule has 1 amide bonds. The minimum absolute atomic E-state index is 0.0565. The van der Waals surface area contributed by atoms with E-state index in [1.165, 1.54) is 36.4 Å². The third-order valence-corrected chi connectivity index (χ3v) is 6.75. The van der Waals surface area contributed by atoms with E-state index in [1.54, 1.807) is 17.0 Å². The van der Waals surface area contributed by atoms with Crippen LogP contribution in [0.4, 0.5) is 15.9 Å². The molecule has 1 saturated heterocycles. The Morgan fingerprint density at radius 3 is 2.28 bits per heavy atom. The van der Waals surface area contributed by atoms with Crippen molar-refractivity contribution in [3.8, 4) is 0 Å². The highest BCUT2D eigenvalue weighted by atomic mass is 19.1. The highest BCUT2D eigenvalue weighted by molar-refractivity contribution is 5.94. The van der Waals surface area contributed by atoms with E-state index in [2.05, 4.69) is 18.7 Å². The smallest absolute Gasteiger partial charge is 0.269 e. The Kier molecular flexibility index (Phi) is 7.57. The Bertz CT molecular complexity index is 1240. The van der Waals surface area contributed by atoms with Gasteiger partial charge in [-0.2, -0.15) is 0 Å². The molecule has 0 spiro atoms. The lowest BCUT2D eigenvalue weighted by Gasteiger charge is -2.36. The molecule has 4 rings (SSSR count). The van der Waals surface area contributed by atoms with Crippen LogP contribution in [0.5, 0.6) is 0 Å². The first-order valence-corrected chi connectivity index (χ1v) is 12.2. The van der Waals surface area contributed by atoms with Crippen LogP contribution in [-0.2, 0) is 6.42 Å². The first-order chi connectivity index (χ1) is 17.3. The number of piperazine rings is 1. The van der Waals surface area contributed by atoms with Crippen molar-refractivity contribution in [1.29, 1.82) is 0 Å². The van der Waals surface area contributed by atoms with Crippen molar-refractivity contribution < 1.29 is 14.1 Å². The molecule has 0 saturated carbocycles. The summed E-state index contributed by atoms with van der Waals surface area (Å²) in [4.78, 5) is 37.2. The van der Waals surface area contributed by atoms with Gasteiger partial charge in [-0.1, -0.05) is 26.0 Å². The molecule has 9 heteroatoms. The second kappa shape index (κ2) is 10.8. The standard InChI is InChI=1S/C27H30FN5O3/c1-4-18(2)25-29-19(3)24(17-20-5-11-23(12-6-20)33(35)36)26(30-25)31-13-15-32(16-14-31)27(34)21-7-9-22(28)10-8-21/h5-12,18H,4,13-17H2,1-3H3/t18-/m0/s1. The Morgan fingerprint density at radius 2 is 1.69 bits per heavy atom. The third-order valence-electron chi connectivity index (χ3n) is 6.75. The summed E-state index contributed by atoms with van der Waals surface area (Å²) in [5, 5.41) is 11.0. The van der Waals surface area contributed by atoms with Crippen LogP contribution in [0.3, 0.4) is 0 Å². The Balaban J connectivity index is 1.58. The number of nitro groups is 1. The number of non-ortho nitro benzene ring substituents is 1. The van der Waals surface area contributed by atoms with Crippen molar-refractivity contribution in [3.05, 3.63) is 92.7 Å². The molecule has 0 N–H and O–H groups in total. The molecule has 2 heterocycles. The molecule has 2 aromatic carbocycles. The number of aryl methyl sites for hydroxylation is 1. The van der Waals surface area contributed by atoms with E-state index in [9.17, 15) is 19.3 Å². The monoisotopic (exact) mass is 491 g/mol. The zero-order chi connectivity index (χ0) is 25.8. The summed E-state index contributed by atoms with van der Waals surface area (Å²) in [6.45, 7) is 8.45. The number of hydrogen-bond donors (Lipinski definition) is 0. The van der Waals surface area contributed by atoms with E-state index in [4.69, 9.17) is 9.97 Å². The highest BCUT2D eigenvalue weighted by Gasteiger charge is 2.26. The molecule has 1 aromatic heterocycles. The summed E-state index contributed by atoms with van der Waals surface area (Å²) in [7, 11) is 0. The first kappa shape index (κ1) is 25.2. The Labute approximate surface area is 209 Å². The molecule has 1 atom stereocenters. The number of carbonyl (C=O) groups excluding carboxylic acids is 1. The van der Waals surface area contributed by atoms with Crippen molar-refractivity contribution in [2.24, 2.45) is 0 Å². The van der Waals surface area contributed by atoms with Gasteiger partial charge in [-0.05, 0) is 43.2 Å². The molecular weight excluding hydrogens is 461 g/mol. The largest absolute Gasteiger partial charge is 0.353 e. The fraction of sp³-hybridized carbons (Fsp3) is 0.370. The maximum absolute atomic E-state index is 13.3. The van der Waals surface area contributed by atoms with Crippen molar-refractivity contribution in [3.63, 3.8) is 0 Å². The summed E-state index contributed by atoms with van der Waals surface area (Å²) in [5.41, 5.74) is 3.34. The minimum Gasteiger partial charge on any atom is -0.353 e. The summed E-state index contributed by atoms with van der Waals surface area (Å²) in [6, 6.07) is 12.2. The van der Waals surface area contributed by atoms with Gasteiger partial charge in [0.1, 0.15) is 17.5 Å². The number of rotatable bonds is 7. The van der Waals surface area contributed by atoms with Gasteiger partial charge >= 0.3 is 0 Å². The molecule has 0 aliphatic carbocycles. The zero-order valence-corrected chi connectivity index (χ0v) is 20.8. The van der Waals surface area contributed by atoms with Crippen LogP contribution < -0.4 is 4.90 Å². The van der Waals surface area contributed by atoms with Gasteiger partial charge in [-0.15, -0.1) is 0 Å². The second-order valence-electron chi connectivity index (χ2n) is 9.17. The van der Waals surface area contributed by atoms with E-state index in [1.807, 2.05) is 6.92 Å².